The Morgan fingerprint density at radius 3 is 1.71 bits per heavy atom. The van der Waals surface area contributed by atoms with Crippen LogP contribution < -0.4 is 0 Å². The fourth-order valence-corrected chi connectivity index (χ4v) is 0. The van der Waals surface area contributed by atoms with Gasteiger partial charge in [-0.15, -0.1) is 0 Å². The molecule has 0 rings (SSSR count). The average Bonchev–Trinajstić information content (AvgIpc) is 1.35. The summed E-state index contributed by atoms with van der Waals surface area (Å²) in [5.41, 5.74) is 0. The Kier molecular flexibility index (Phi) is 6.50. The summed E-state index contributed by atoms with van der Waals surface area (Å²) in [7, 11) is -4.00. The normalized spacial score (nSPS) is 10.6. The van der Waals surface area contributed by atoms with Crippen LogP contribution in [0.5, 0.6) is 0 Å². The maximum atomic E-state index is 9.51. The quantitative estimate of drug-likeness (QED) is 0.387. The van der Waals surface area contributed by atoms with Crippen molar-refractivity contribution in [1.82, 2.24) is 0 Å². The van der Waals surface area contributed by atoms with Crippen molar-refractivity contribution >= 4 is 44.2 Å². The molecule has 4 nitrogen and oxygen atoms in total. The van der Waals surface area contributed by atoms with E-state index in [1.807, 2.05) is 0 Å². The van der Waals surface area contributed by atoms with Crippen LogP contribution in [0.2, 0.25) is 0 Å². The van der Waals surface area contributed by atoms with E-state index >= 15 is 0 Å². The van der Waals surface area contributed by atoms with Crippen molar-refractivity contribution in [3.63, 3.8) is 0 Å². The van der Waals surface area contributed by atoms with E-state index in [1.54, 1.807) is 0 Å². The van der Waals surface area contributed by atoms with Crippen molar-refractivity contribution in [2.24, 2.45) is 0 Å². The molecule has 0 aromatic heterocycles. The van der Waals surface area contributed by atoms with Gasteiger partial charge >= 0.3 is 33.7 Å². The Hall–Kier alpha value is 1.20. The fourth-order valence-electron chi connectivity index (χ4n) is 0. The van der Waals surface area contributed by atoms with Gasteiger partial charge in [0, 0.05) is 0 Å². The molecule has 0 saturated carbocycles. The molecule has 0 unspecified atom stereocenters. The first-order valence-corrected chi connectivity index (χ1v) is 3.52. The predicted molar refractivity (Wildman–Crippen MR) is 33.0 cm³/mol. The topological polar surface area (TPSA) is 66.8 Å². The Balaban J connectivity index is 0. The molecule has 0 aliphatic carbocycles. The summed E-state index contributed by atoms with van der Waals surface area (Å²) in [5, 5.41) is 0. The minimum atomic E-state index is -4.08. The second kappa shape index (κ2) is 4.11. The van der Waals surface area contributed by atoms with Gasteiger partial charge in [0.1, 0.15) is 0 Å². The van der Waals surface area contributed by atoms with Crippen LogP contribution in [0.25, 0.3) is 0 Å². The van der Waals surface area contributed by atoms with Crippen LogP contribution in [0.3, 0.4) is 0 Å². The van der Waals surface area contributed by atoms with Gasteiger partial charge in [-0.25, -0.2) is 4.57 Å². The van der Waals surface area contributed by atoms with E-state index in [2.05, 4.69) is 4.21 Å². The van der Waals surface area contributed by atoms with Crippen LogP contribution in [0.15, 0.2) is 0 Å². The Morgan fingerprint density at radius 2 is 1.71 bits per heavy atom. The van der Waals surface area contributed by atoms with Crippen molar-refractivity contribution in [2.45, 2.75) is 0 Å². The van der Waals surface area contributed by atoms with Crippen molar-refractivity contribution < 1.29 is 18.6 Å². The van der Waals surface area contributed by atoms with E-state index in [9.17, 15) is 4.57 Å². The summed E-state index contributed by atoms with van der Waals surface area (Å²) in [6.07, 6.45) is 0. The summed E-state index contributed by atoms with van der Waals surface area (Å²) in [5.74, 6) is 0. The van der Waals surface area contributed by atoms with Gasteiger partial charge in [-0.2, -0.15) is 0 Å². The first kappa shape index (κ1) is 11.1. The van der Waals surface area contributed by atoms with Gasteiger partial charge in [-0.05, 0) is 0 Å². The maximum absolute atomic E-state index is 9.51. The third kappa shape index (κ3) is 11.0. The molecule has 0 bridgehead atoms. The van der Waals surface area contributed by atoms with Crippen molar-refractivity contribution in [3.8, 4) is 0 Å². The molecular weight excluding hydrogens is 238 g/mol. The molecule has 0 amide bonds. The number of hydrogen-bond acceptors (Lipinski definition) is 2. The summed E-state index contributed by atoms with van der Waals surface area (Å²) in [6, 6.07) is 0. The molecule has 7 heavy (non-hydrogen) atoms. The number of rotatable bonds is 1. The zero-order chi connectivity index (χ0) is 5.21. The summed E-state index contributed by atoms with van der Waals surface area (Å²) < 4.78 is 13.2. The standard InChI is InChI=1S/In.H5O4PSi.3H/c;1-5(2,3)4-6;;;/h;6H3,(H2,1,2,3);;;. The van der Waals surface area contributed by atoms with Gasteiger partial charge in [0.2, 0.25) is 0 Å². The van der Waals surface area contributed by atoms with Crippen LogP contribution >= 0.6 is 7.82 Å². The molecule has 0 fully saturated rings. The molecule has 0 aromatic rings. The third-order valence-corrected chi connectivity index (χ3v) is 2.14. The molecule has 44 valence electrons. The van der Waals surface area contributed by atoms with E-state index in [1.165, 1.54) is 0 Å². The first-order valence-electron chi connectivity index (χ1n) is 1.17. The molecule has 0 radical (unpaired) electrons. The molecular formula is H8InO4PSi. The molecule has 0 aliphatic rings. The average molecular weight is 246 g/mol. The van der Waals surface area contributed by atoms with Crippen molar-refractivity contribution in [2.75, 3.05) is 0 Å². The number of hydrogen-bond donors (Lipinski definition) is 2. The molecule has 0 aromatic carbocycles. The first-order chi connectivity index (χ1) is 2.56. The molecule has 0 aliphatic heterocycles. The van der Waals surface area contributed by atoms with Crippen molar-refractivity contribution in [1.29, 1.82) is 0 Å². The third-order valence-electron chi connectivity index (χ3n) is 0.238. The van der Waals surface area contributed by atoms with Gasteiger partial charge in [0.15, 0.2) is 10.5 Å². The van der Waals surface area contributed by atoms with Crippen LogP contribution in [-0.4, -0.2) is 46.1 Å². The Morgan fingerprint density at radius 1 is 1.57 bits per heavy atom. The van der Waals surface area contributed by atoms with Gasteiger partial charge < -0.3 is 14.0 Å². The van der Waals surface area contributed by atoms with Crippen molar-refractivity contribution in [3.05, 3.63) is 0 Å². The zero-order valence-corrected chi connectivity index (χ0v) is 6.05. The Bertz CT molecular complexity index is 75.8. The molecule has 0 spiro atoms. The monoisotopic (exact) mass is 246 g/mol. The minimum absolute atomic E-state index is 0. The summed E-state index contributed by atoms with van der Waals surface area (Å²) in [6.45, 7) is 0. The molecule has 0 atom stereocenters. The molecule has 0 saturated heterocycles. The van der Waals surface area contributed by atoms with Crippen LogP contribution in [-0.2, 0) is 8.78 Å². The van der Waals surface area contributed by atoms with Crippen LogP contribution in [0.1, 0.15) is 0 Å². The fraction of sp³-hybridized carbons (Fsp3) is 0. The van der Waals surface area contributed by atoms with Gasteiger partial charge in [-0.3, -0.25) is 0 Å². The Labute approximate surface area is 62.8 Å². The van der Waals surface area contributed by atoms with Crippen LogP contribution in [0, 0.1) is 0 Å². The molecule has 7 heteroatoms. The summed E-state index contributed by atoms with van der Waals surface area (Å²) in [4.78, 5) is 15.5. The zero-order valence-electron chi connectivity index (χ0n) is 3.16. The second-order valence-electron chi connectivity index (χ2n) is 0.673. The number of phosphoric acid groups is 1. The van der Waals surface area contributed by atoms with E-state index < -0.39 is 7.82 Å². The summed E-state index contributed by atoms with van der Waals surface area (Å²) >= 11 is 0. The van der Waals surface area contributed by atoms with Gasteiger partial charge in [0.05, 0.1) is 0 Å². The predicted octanol–water partition coefficient (Wildman–Crippen LogP) is -2.81. The van der Waals surface area contributed by atoms with Gasteiger partial charge in [0.25, 0.3) is 0 Å². The van der Waals surface area contributed by atoms with Crippen LogP contribution in [0.4, 0.5) is 0 Å². The SMILES string of the molecule is O=P(O)(O)O[SiH3].[InH3]. The second-order valence-corrected chi connectivity index (χ2v) is 3.11. The molecule has 0 heterocycles. The molecule has 2 N–H and O–H groups in total. The van der Waals surface area contributed by atoms with E-state index in [0.29, 0.717) is 0 Å². The van der Waals surface area contributed by atoms with E-state index in [4.69, 9.17) is 9.79 Å². The van der Waals surface area contributed by atoms with E-state index in [0.717, 1.165) is 0 Å². The van der Waals surface area contributed by atoms with E-state index in [-0.39, 0.29) is 36.3 Å². The van der Waals surface area contributed by atoms with Gasteiger partial charge in [-0.1, -0.05) is 0 Å².